The van der Waals surface area contributed by atoms with Gasteiger partial charge in [0.15, 0.2) is 0 Å². The Morgan fingerprint density at radius 1 is 1.13 bits per heavy atom. The first-order chi connectivity index (χ1) is 14.3. The summed E-state index contributed by atoms with van der Waals surface area (Å²) in [6, 6.07) is 14.3. The van der Waals surface area contributed by atoms with Gasteiger partial charge >= 0.3 is 0 Å². The van der Waals surface area contributed by atoms with Crippen molar-refractivity contribution >= 4 is 35.0 Å². The minimum Gasteiger partial charge on any atom is -0.342 e. The number of hydrogen-bond donors (Lipinski definition) is 1. The molecule has 1 aliphatic rings. The van der Waals surface area contributed by atoms with E-state index in [0.29, 0.717) is 35.9 Å². The van der Waals surface area contributed by atoms with Crippen LogP contribution in [-0.4, -0.2) is 47.7 Å². The smallest absolute Gasteiger partial charge is 0.253 e. The highest BCUT2D eigenvalue weighted by atomic mass is 35.5. The van der Waals surface area contributed by atoms with Gasteiger partial charge in [0.1, 0.15) is 0 Å². The third kappa shape index (κ3) is 5.39. The van der Waals surface area contributed by atoms with E-state index in [2.05, 4.69) is 5.32 Å². The molecular formula is C23H26ClN3O3. The van der Waals surface area contributed by atoms with Crippen LogP contribution in [0.2, 0.25) is 5.02 Å². The van der Waals surface area contributed by atoms with E-state index in [-0.39, 0.29) is 23.6 Å². The van der Waals surface area contributed by atoms with Gasteiger partial charge in [-0.3, -0.25) is 14.4 Å². The summed E-state index contributed by atoms with van der Waals surface area (Å²) >= 11 is 5.91. The van der Waals surface area contributed by atoms with Gasteiger partial charge in [0.2, 0.25) is 11.8 Å². The van der Waals surface area contributed by atoms with Crippen molar-refractivity contribution in [2.45, 2.75) is 26.3 Å². The normalized spacial score (nSPS) is 16.1. The minimum absolute atomic E-state index is 0.0419. The van der Waals surface area contributed by atoms with E-state index >= 15 is 0 Å². The molecule has 1 heterocycles. The number of hydrogen-bond acceptors (Lipinski definition) is 3. The summed E-state index contributed by atoms with van der Waals surface area (Å²) in [4.78, 5) is 40.6. The summed E-state index contributed by atoms with van der Waals surface area (Å²) in [5.74, 6) is -0.525. The van der Waals surface area contributed by atoms with E-state index in [1.165, 1.54) is 6.92 Å². The van der Waals surface area contributed by atoms with Crippen molar-refractivity contribution in [2.75, 3.05) is 25.5 Å². The molecule has 0 aliphatic carbocycles. The fraction of sp³-hybridized carbons (Fsp3) is 0.348. The van der Waals surface area contributed by atoms with Crippen molar-refractivity contribution in [1.82, 2.24) is 9.80 Å². The predicted octanol–water partition coefficient (Wildman–Crippen LogP) is 3.81. The molecule has 1 N–H and O–H groups in total. The molecule has 0 spiro atoms. The zero-order valence-corrected chi connectivity index (χ0v) is 18.0. The fourth-order valence-electron chi connectivity index (χ4n) is 3.53. The van der Waals surface area contributed by atoms with Gasteiger partial charge in [0, 0.05) is 49.9 Å². The van der Waals surface area contributed by atoms with E-state index in [0.717, 1.165) is 18.4 Å². The molecule has 1 saturated heterocycles. The molecule has 0 bridgehead atoms. The third-order valence-electron chi connectivity index (χ3n) is 5.39. The van der Waals surface area contributed by atoms with Gasteiger partial charge in [-0.2, -0.15) is 0 Å². The first kappa shape index (κ1) is 21.8. The maximum atomic E-state index is 12.9. The first-order valence-electron chi connectivity index (χ1n) is 10.0. The molecule has 1 unspecified atom stereocenters. The summed E-state index contributed by atoms with van der Waals surface area (Å²) in [5.41, 5.74) is 2.13. The molecule has 0 saturated carbocycles. The molecule has 3 rings (SSSR count). The predicted molar refractivity (Wildman–Crippen MR) is 117 cm³/mol. The van der Waals surface area contributed by atoms with E-state index in [1.807, 2.05) is 24.3 Å². The van der Waals surface area contributed by atoms with Gasteiger partial charge in [0.05, 0.1) is 5.92 Å². The largest absolute Gasteiger partial charge is 0.342 e. The maximum absolute atomic E-state index is 12.9. The van der Waals surface area contributed by atoms with Crippen LogP contribution in [0.15, 0.2) is 48.5 Å². The highest BCUT2D eigenvalue weighted by Gasteiger charge is 2.29. The quantitative estimate of drug-likeness (QED) is 0.788. The molecule has 6 nitrogen and oxygen atoms in total. The number of para-hydroxylation sites is 1. The van der Waals surface area contributed by atoms with Crippen molar-refractivity contribution < 1.29 is 14.4 Å². The second-order valence-corrected chi connectivity index (χ2v) is 8.06. The fourth-order valence-corrected chi connectivity index (χ4v) is 3.66. The molecular weight excluding hydrogens is 402 g/mol. The van der Waals surface area contributed by atoms with Crippen LogP contribution in [0, 0.1) is 5.92 Å². The lowest BCUT2D eigenvalue weighted by atomic mass is 9.96. The topological polar surface area (TPSA) is 69.7 Å². The molecule has 158 valence electrons. The standard InChI is InChI=1S/C23H26ClN3O3/c1-16(28)26(2)14-18-6-3-4-8-21(18)25-22(29)19-7-5-13-27(15-19)23(30)17-9-11-20(24)12-10-17/h3-4,6,8-12,19H,5,7,13-15H2,1-2H3,(H,25,29). The van der Waals surface area contributed by atoms with E-state index in [4.69, 9.17) is 11.6 Å². The molecule has 0 radical (unpaired) electrons. The van der Waals surface area contributed by atoms with Crippen LogP contribution in [0.4, 0.5) is 5.69 Å². The van der Waals surface area contributed by atoms with Crippen LogP contribution in [0.25, 0.3) is 0 Å². The maximum Gasteiger partial charge on any atom is 0.253 e. The number of halogens is 1. The SMILES string of the molecule is CC(=O)N(C)Cc1ccccc1NC(=O)C1CCCN(C(=O)c2ccc(Cl)cc2)C1. The highest BCUT2D eigenvalue weighted by molar-refractivity contribution is 6.30. The molecule has 1 atom stereocenters. The molecule has 30 heavy (non-hydrogen) atoms. The zero-order chi connectivity index (χ0) is 21.7. The van der Waals surface area contributed by atoms with Crippen LogP contribution in [-0.2, 0) is 16.1 Å². The van der Waals surface area contributed by atoms with Crippen LogP contribution < -0.4 is 5.32 Å². The van der Waals surface area contributed by atoms with Crippen molar-refractivity contribution in [2.24, 2.45) is 5.92 Å². The average Bonchev–Trinajstić information content (AvgIpc) is 2.75. The summed E-state index contributed by atoms with van der Waals surface area (Å²) in [7, 11) is 1.72. The Hall–Kier alpha value is -2.86. The molecule has 2 aromatic carbocycles. The molecule has 1 aliphatic heterocycles. The van der Waals surface area contributed by atoms with Crippen LogP contribution in [0.1, 0.15) is 35.7 Å². The second-order valence-electron chi connectivity index (χ2n) is 7.62. The number of rotatable bonds is 5. The Morgan fingerprint density at radius 2 is 1.83 bits per heavy atom. The van der Waals surface area contributed by atoms with Crippen LogP contribution in [0.3, 0.4) is 0 Å². The Morgan fingerprint density at radius 3 is 2.53 bits per heavy atom. The Kier molecular flexibility index (Phi) is 7.11. The summed E-state index contributed by atoms with van der Waals surface area (Å²) < 4.78 is 0. The van der Waals surface area contributed by atoms with E-state index in [1.54, 1.807) is 41.1 Å². The lowest BCUT2D eigenvalue weighted by Gasteiger charge is -2.32. The van der Waals surface area contributed by atoms with Gasteiger partial charge in [-0.15, -0.1) is 0 Å². The molecule has 0 aromatic heterocycles. The van der Waals surface area contributed by atoms with Crippen molar-refractivity contribution in [3.05, 3.63) is 64.7 Å². The number of nitrogens with one attached hydrogen (secondary N) is 1. The molecule has 1 fully saturated rings. The van der Waals surface area contributed by atoms with E-state index in [9.17, 15) is 14.4 Å². The number of benzene rings is 2. The lowest BCUT2D eigenvalue weighted by molar-refractivity contribution is -0.128. The Bertz CT molecular complexity index is 930. The highest BCUT2D eigenvalue weighted by Crippen LogP contribution is 2.23. The Labute approximate surface area is 181 Å². The number of piperidine rings is 1. The van der Waals surface area contributed by atoms with Crippen molar-refractivity contribution in [3.63, 3.8) is 0 Å². The summed E-state index contributed by atoms with van der Waals surface area (Å²) in [5, 5.41) is 3.58. The van der Waals surface area contributed by atoms with Gasteiger partial charge in [-0.05, 0) is 48.7 Å². The second kappa shape index (κ2) is 9.76. The van der Waals surface area contributed by atoms with Crippen molar-refractivity contribution in [1.29, 1.82) is 0 Å². The zero-order valence-electron chi connectivity index (χ0n) is 17.2. The number of carbonyl (C=O) groups is 3. The average molecular weight is 428 g/mol. The number of carbonyl (C=O) groups excluding carboxylic acids is 3. The van der Waals surface area contributed by atoms with Crippen LogP contribution >= 0.6 is 11.6 Å². The summed E-state index contributed by atoms with van der Waals surface area (Å²) in [6.07, 6.45) is 1.50. The minimum atomic E-state index is -0.284. The van der Waals surface area contributed by atoms with Gasteiger partial charge in [0.25, 0.3) is 5.91 Å². The number of amides is 3. The van der Waals surface area contributed by atoms with Gasteiger partial charge in [-0.25, -0.2) is 0 Å². The number of anilines is 1. The Balaban J connectivity index is 1.67. The van der Waals surface area contributed by atoms with Crippen molar-refractivity contribution in [3.8, 4) is 0 Å². The lowest BCUT2D eigenvalue weighted by Crippen LogP contribution is -2.43. The molecule has 7 heteroatoms. The number of likely N-dealkylation sites (tertiary alicyclic amines) is 1. The van der Waals surface area contributed by atoms with Crippen LogP contribution in [0.5, 0.6) is 0 Å². The molecule has 2 aromatic rings. The van der Waals surface area contributed by atoms with E-state index < -0.39 is 0 Å². The number of nitrogens with zero attached hydrogens (tertiary/aromatic N) is 2. The third-order valence-corrected chi connectivity index (χ3v) is 5.64. The van der Waals surface area contributed by atoms with Gasteiger partial charge in [-0.1, -0.05) is 29.8 Å². The molecule has 3 amide bonds. The van der Waals surface area contributed by atoms with Gasteiger partial charge < -0.3 is 15.1 Å². The first-order valence-corrected chi connectivity index (χ1v) is 10.4. The monoisotopic (exact) mass is 427 g/mol. The summed E-state index contributed by atoms with van der Waals surface area (Å²) in [6.45, 7) is 2.93.